The van der Waals surface area contributed by atoms with Gasteiger partial charge >= 0.3 is 5.97 Å². The third-order valence-electron chi connectivity index (χ3n) is 3.78. The van der Waals surface area contributed by atoms with Gasteiger partial charge in [-0.2, -0.15) is 0 Å². The van der Waals surface area contributed by atoms with Crippen LogP contribution in [0.25, 0.3) is 11.3 Å². The van der Waals surface area contributed by atoms with E-state index >= 15 is 0 Å². The average Bonchev–Trinajstić information content (AvgIpc) is 3.11. The fourth-order valence-electron chi connectivity index (χ4n) is 2.39. The number of amides is 1. The molecular formula is C20H23ClN2O4. The maximum atomic E-state index is 12.0. The Kier molecular flexibility index (Phi) is 7.61. The van der Waals surface area contributed by atoms with E-state index in [4.69, 9.17) is 20.8 Å². The fraction of sp³-hybridized carbons (Fsp3) is 0.350. The van der Waals surface area contributed by atoms with Crippen LogP contribution < -0.4 is 0 Å². The Balaban J connectivity index is 1.79. The van der Waals surface area contributed by atoms with Gasteiger partial charge in [-0.15, -0.1) is 0 Å². The summed E-state index contributed by atoms with van der Waals surface area (Å²) in [6.45, 7) is 8.21. The highest BCUT2D eigenvalue weighted by atomic mass is 35.5. The summed E-state index contributed by atoms with van der Waals surface area (Å²) in [5, 5.41) is 0.640. The number of esters is 1. The lowest BCUT2D eigenvalue weighted by Gasteiger charge is -2.20. The Morgan fingerprint density at radius 2 is 2.00 bits per heavy atom. The molecule has 6 nitrogen and oxygen atoms in total. The minimum absolute atomic E-state index is 0.0838. The van der Waals surface area contributed by atoms with Gasteiger partial charge in [0.05, 0.1) is 12.6 Å². The van der Waals surface area contributed by atoms with Crippen molar-refractivity contribution in [3.8, 4) is 11.3 Å². The van der Waals surface area contributed by atoms with Gasteiger partial charge in [0.25, 0.3) is 5.91 Å². The SMILES string of the molecule is C=C(C)CN(CC)C(=O)COC(=O)CCc1ncc(-c2ccc(Cl)cc2)o1. The minimum Gasteiger partial charge on any atom is -0.456 e. The van der Waals surface area contributed by atoms with Crippen LogP contribution in [0.1, 0.15) is 26.2 Å². The number of aryl methyl sites for hydroxylation is 1. The molecule has 144 valence electrons. The summed E-state index contributed by atoms with van der Waals surface area (Å²) in [6, 6.07) is 7.19. The van der Waals surface area contributed by atoms with Crippen LogP contribution in [0.4, 0.5) is 0 Å². The molecular weight excluding hydrogens is 368 g/mol. The number of hydrogen-bond acceptors (Lipinski definition) is 5. The molecule has 1 aromatic carbocycles. The third-order valence-corrected chi connectivity index (χ3v) is 4.03. The van der Waals surface area contributed by atoms with Crippen molar-refractivity contribution < 1.29 is 18.7 Å². The van der Waals surface area contributed by atoms with Gasteiger partial charge < -0.3 is 14.1 Å². The first-order chi connectivity index (χ1) is 12.9. The van der Waals surface area contributed by atoms with Gasteiger partial charge in [-0.05, 0) is 38.1 Å². The average molecular weight is 391 g/mol. The zero-order valence-corrected chi connectivity index (χ0v) is 16.3. The molecule has 0 atom stereocenters. The number of likely N-dealkylation sites (N-methyl/N-ethyl adjacent to an activating group) is 1. The zero-order valence-electron chi connectivity index (χ0n) is 15.5. The predicted molar refractivity (Wildman–Crippen MR) is 103 cm³/mol. The first-order valence-corrected chi connectivity index (χ1v) is 9.05. The number of nitrogens with zero attached hydrogens (tertiary/aromatic N) is 2. The van der Waals surface area contributed by atoms with E-state index in [0.29, 0.717) is 36.2 Å². The Morgan fingerprint density at radius 3 is 2.63 bits per heavy atom. The summed E-state index contributed by atoms with van der Waals surface area (Å²) in [4.78, 5) is 29.7. The van der Waals surface area contributed by atoms with Crippen LogP contribution in [0.5, 0.6) is 0 Å². The van der Waals surface area contributed by atoms with Gasteiger partial charge in [-0.25, -0.2) is 4.98 Å². The number of rotatable bonds is 9. The second-order valence-corrected chi connectivity index (χ2v) is 6.59. The molecule has 0 bridgehead atoms. The Hall–Kier alpha value is -2.60. The van der Waals surface area contributed by atoms with Crippen LogP contribution in [-0.2, 0) is 20.7 Å². The van der Waals surface area contributed by atoms with E-state index in [-0.39, 0.29) is 18.9 Å². The number of carbonyl (C=O) groups is 2. The molecule has 0 saturated heterocycles. The quantitative estimate of drug-likeness (QED) is 0.479. The van der Waals surface area contributed by atoms with Crippen LogP contribution >= 0.6 is 11.6 Å². The number of oxazole rings is 1. The molecule has 0 spiro atoms. The molecule has 2 aromatic rings. The Bertz CT molecular complexity index is 799. The van der Waals surface area contributed by atoms with E-state index in [2.05, 4.69) is 11.6 Å². The second kappa shape index (κ2) is 9.92. The Morgan fingerprint density at radius 1 is 1.30 bits per heavy atom. The molecule has 7 heteroatoms. The number of halogens is 1. The maximum absolute atomic E-state index is 12.0. The smallest absolute Gasteiger partial charge is 0.306 e. The highest BCUT2D eigenvalue weighted by Crippen LogP contribution is 2.22. The number of aromatic nitrogens is 1. The summed E-state index contributed by atoms with van der Waals surface area (Å²) in [5.41, 5.74) is 1.72. The van der Waals surface area contributed by atoms with Crippen molar-refractivity contribution in [2.45, 2.75) is 26.7 Å². The molecule has 0 aliphatic rings. The second-order valence-electron chi connectivity index (χ2n) is 6.15. The van der Waals surface area contributed by atoms with Crippen LogP contribution in [-0.4, -0.2) is 41.5 Å². The van der Waals surface area contributed by atoms with Gasteiger partial charge in [0.1, 0.15) is 0 Å². The van der Waals surface area contributed by atoms with Crippen molar-refractivity contribution in [3.63, 3.8) is 0 Å². The van der Waals surface area contributed by atoms with Gasteiger partial charge in [-0.1, -0.05) is 23.8 Å². The fourth-order valence-corrected chi connectivity index (χ4v) is 2.52. The van der Waals surface area contributed by atoms with Gasteiger partial charge in [-0.3, -0.25) is 9.59 Å². The molecule has 1 aromatic heterocycles. The first kappa shape index (κ1) is 20.7. The van der Waals surface area contributed by atoms with E-state index in [9.17, 15) is 9.59 Å². The molecule has 0 N–H and O–H groups in total. The van der Waals surface area contributed by atoms with Gasteiger partial charge in [0.15, 0.2) is 18.3 Å². The highest BCUT2D eigenvalue weighted by Gasteiger charge is 2.15. The van der Waals surface area contributed by atoms with E-state index in [0.717, 1.165) is 11.1 Å². The first-order valence-electron chi connectivity index (χ1n) is 8.67. The third kappa shape index (κ3) is 6.57. The zero-order chi connectivity index (χ0) is 19.8. The number of carbonyl (C=O) groups excluding carboxylic acids is 2. The molecule has 1 amide bonds. The van der Waals surface area contributed by atoms with E-state index in [1.54, 1.807) is 23.2 Å². The van der Waals surface area contributed by atoms with E-state index < -0.39 is 5.97 Å². The molecule has 27 heavy (non-hydrogen) atoms. The number of benzene rings is 1. The normalized spacial score (nSPS) is 10.5. The summed E-state index contributed by atoms with van der Waals surface area (Å²) < 4.78 is 10.7. The maximum Gasteiger partial charge on any atom is 0.306 e. The molecule has 0 saturated carbocycles. The Labute approximate surface area is 163 Å². The summed E-state index contributed by atoms with van der Waals surface area (Å²) in [6.07, 6.45) is 1.98. The van der Waals surface area contributed by atoms with Crippen molar-refractivity contribution in [2.75, 3.05) is 19.7 Å². The number of hydrogen-bond donors (Lipinski definition) is 0. The van der Waals surface area contributed by atoms with Crippen molar-refractivity contribution in [2.24, 2.45) is 0 Å². The van der Waals surface area contributed by atoms with Gasteiger partial charge in [0.2, 0.25) is 0 Å². The molecule has 0 radical (unpaired) electrons. The van der Waals surface area contributed by atoms with Crippen molar-refractivity contribution in [3.05, 3.63) is 53.5 Å². The summed E-state index contributed by atoms with van der Waals surface area (Å²) in [7, 11) is 0. The van der Waals surface area contributed by atoms with E-state index in [1.807, 2.05) is 26.0 Å². The van der Waals surface area contributed by atoms with Crippen LogP contribution in [0, 0.1) is 0 Å². The highest BCUT2D eigenvalue weighted by molar-refractivity contribution is 6.30. The lowest BCUT2D eigenvalue weighted by molar-refractivity contribution is -0.151. The van der Waals surface area contributed by atoms with Crippen LogP contribution in [0.3, 0.4) is 0 Å². The van der Waals surface area contributed by atoms with E-state index in [1.165, 1.54) is 0 Å². The molecule has 0 fully saturated rings. The summed E-state index contributed by atoms with van der Waals surface area (Å²) in [5.74, 6) is 0.320. The number of ether oxygens (including phenoxy) is 1. The van der Waals surface area contributed by atoms with Crippen LogP contribution in [0.2, 0.25) is 5.02 Å². The standard InChI is InChI=1S/C20H23ClN2O4/c1-4-23(12-14(2)3)19(24)13-26-20(25)10-9-18-22-11-17(27-18)15-5-7-16(21)8-6-15/h5-8,11H,2,4,9-10,12-13H2,1,3H3. The molecule has 1 heterocycles. The van der Waals surface area contributed by atoms with Crippen molar-refractivity contribution >= 4 is 23.5 Å². The topological polar surface area (TPSA) is 72.6 Å². The monoisotopic (exact) mass is 390 g/mol. The predicted octanol–water partition coefficient (Wildman–Crippen LogP) is 3.90. The molecule has 2 rings (SSSR count). The minimum atomic E-state index is -0.471. The summed E-state index contributed by atoms with van der Waals surface area (Å²) >= 11 is 5.87. The lowest BCUT2D eigenvalue weighted by atomic mass is 10.2. The molecule has 0 aliphatic carbocycles. The van der Waals surface area contributed by atoms with Crippen molar-refractivity contribution in [1.82, 2.24) is 9.88 Å². The molecule has 0 unspecified atom stereocenters. The van der Waals surface area contributed by atoms with Crippen molar-refractivity contribution in [1.29, 1.82) is 0 Å². The largest absolute Gasteiger partial charge is 0.456 e. The van der Waals surface area contributed by atoms with Crippen LogP contribution in [0.15, 0.2) is 47.0 Å². The molecule has 0 aliphatic heterocycles. The lowest BCUT2D eigenvalue weighted by Crippen LogP contribution is -2.35. The van der Waals surface area contributed by atoms with Gasteiger partial charge in [0, 0.05) is 30.1 Å².